The number of hydrogen-bond donors (Lipinski definition) is 1. The van der Waals surface area contributed by atoms with Gasteiger partial charge in [0.1, 0.15) is 0 Å². The van der Waals surface area contributed by atoms with Crippen LogP contribution in [-0.2, 0) is 0 Å². The molecule has 5 heteroatoms. The lowest BCUT2D eigenvalue weighted by Crippen LogP contribution is -1.99. The van der Waals surface area contributed by atoms with Crippen LogP contribution in [0.2, 0.25) is 0 Å². The van der Waals surface area contributed by atoms with E-state index in [1.54, 1.807) is 6.21 Å². The Kier molecular flexibility index (Phi) is 4.71. The van der Waals surface area contributed by atoms with Gasteiger partial charge in [0.15, 0.2) is 5.82 Å². The number of anilines is 1. The molecule has 4 rings (SSSR count). The van der Waals surface area contributed by atoms with E-state index in [0.29, 0.717) is 5.82 Å². The number of aromatic nitrogens is 2. The minimum Gasteiger partial charge on any atom is -0.278 e. The minimum absolute atomic E-state index is 0.558. The summed E-state index contributed by atoms with van der Waals surface area (Å²) in [5.41, 5.74) is 6.72. The van der Waals surface area contributed by atoms with Gasteiger partial charge in [-0.25, -0.2) is 9.97 Å². The van der Waals surface area contributed by atoms with E-state index in [1.807, 2.05) is 78.9 Å². The zero-order valence-corrected chi connectivity index (χ0v) is 15.4. The highest BCUT2D eigenvalue weighted by Crippen LogP contribution is 2.28. The predicted molar refractivity (Wildman–Crippen MR) is 110 cm³/mol. The lowest BCUT2D eigenvalue weighted by molar-refractivity contribution is 1.19. The zero-order chi connectivity index (χ0) is 17.8. The van der Waals surface area contributed by atoms with Crippen molar-refractivity contribution in [3.63, 3.8) is 0 Å². The Morgan fingerprint density at radius 3 is 2.35 bits per heavy atom. The molecule has 0 unspecified atom stereocenters. The molecule has 126 valence electrons. The predicted octanol–water partition coefficient (Wildman–Crippen LogP) is 5.51. The van der Waals surface area contributed by atoms with Crippen molar-refractivity contribution >= 4 is 38.7 Å². The van der Waals surface area contributed by atoms with Gasteiger partial charge in [-0.1, -0.05) is 64.5 Å². The summed E-state index contributed by atoms with van der Waals surface area (Å²) in [6, 6.07) is 25.9. The molecule has 0 spiro atoms. The van der Waals surface area contributed by atoms with Crippen molar-refractivity contribution < 1.29 is 0 Å². The van der Waals surface area contributed by atoms with Crippen molar-refractivity contribution in [2.75, 3.05) is 5.43 Å². The fraction of sp³-hybridized carbons (Fsp3) is 0. The molecule has 0 atom stereocenters. The quantitative estimate of drug-likeness (QED) is 0.361. The number of hydrazone groups is 1. The molecule has 0 bridgehead atoms. The lowest BCUT2D eigenvalue weighted by Gasteiger charge is -2.08. The maximum atomic E-state index is 4.72. The molecule has 0 aliphatic rings. The topological polar surface area (TPSA) is 50.2 Å². The van der Waals surface area contributed by atoms with Gasteiger partial charge in [0, 0.05) is 15.4 Å². The maximum absolute atomic E-state index is 4.72. The van der Waals surface area contributed by atoms with Crippen molar-refractivity contribution in [3.8, 4) is 11.3 Å². The molecule has 1 heterocycles. The van der Waals surface area contributed by atoms with E-state index in [0.717, 1.165) is 32.3 Å². The van der Waals surface area contributed by atoms with Crippen molar-refractivity contribution in [3.05, 3.63) is 89.2 Å². The summed E-state index contributed by atoms with van der Waals surface area (Å²) >= 11 is 3.53. The summed E-state index contributed by atoms with van der Waals surface area (Å²) in [5.74, 6) is 0.558. The van der Waals surface area contributed by atoms with Crippen molar-refractivity contribution in [1.29, 1.82) is 0 Å². The Morgan fingerprint density at radius 2 is 1.58 bits per heavy atom. The molecule has 4 nitrogen and oxygen atoms in total. The van der Waals surface area contributed by atoms with E-state index in [-0.39, 0.29) is 0 Å². The number of nitrogens with one attached hydrogen (secondary N) is 1. The van der Waals surface area contributed by atoms with E-state index >= 15 is 0 Å². The average Bonchev–Trinajstić information content (AvgIpc) is 2.69. The summed E-state index contributed by atoms with van der Waals surface area (Å²) in [6.45, 7) is 0. The van der Waals surface area contributed by atoms with Gasteiger partial charge in [0.05, 0.1) is 23.1 Å². The van der Waals surface area contributed by atoms with Gasteiger partial charge < -0.3 is 0 Å². The molecule has 0 aliphatic heterocycles. The van der Waals surface area contributed by atoms with Crippen molar-refractivity contribution in [2.24, 2.45) is 5.10 Å². The number of rotatable bonds is 4. The Hall–Kier alpha value is -3.05. The van der Waals surface area contributed by atoms with Gasteiger partial charge >= 0.3 is 0 Å². The van der Waals surface area contributed by atoms with E-state index in [1.165, 1.54) is 0 Å². The van der Waals surface area contributed by atoms with Gasteiger partial charge in [0.25, 0.3) is 0 Å². The third kappa shape index (κ3) is 3.63. The van der Waals surface area contributed by atoms with Crippen LogP contribution in [0, 0.1) is 0 Å². The molecule has 0 fully saturated rings. The molecule has 0 saturated heterocycles. The standard InChI is InChI=1S/C21H15BrN4/c22-16-11-12-19-18(13-16)21(15-7-3-1-4-8-15)25-20(24-19)14-23-26-17-9-5-2-6-10-17/h1-14,26H/b23-14+. The summed E-state index contributed by atoms with van der Waals surface area (Å²) in [7, 11) is 0. The van der Waals surface area contributed by atoms with Gasteiger partial charge in [-0.3, -0.25) is 5.43 Å². The first kappa shape index (κ1) is 16.4. The summed E-state index contributed by atoms with van der Waals surface area (Å²) < 4.78 is 0.998. The first-order valence-corrected chi connectivity index (χ1v) is 8.96. The molecule has 4 aromatic rings. The summed E-state index contributed by atoms with van der Waals surface area (Å²) in [6.07, 6.45) is 1.64. The number of para-hydroxylation sites is 1. The first-order chi connectivity index (χ1) is 12.8. The molecule has 0 aliphatic carbocycles. The highest BCUT2D eigenvalue weighted by molar-refractivity contribution is 9.10. The SMILES string of the molecule is Brc1ccc2nc(/C=N/Nc3ccccc3)nc(-c3ccccc3)c2c1. The monoisotopic (exact) mass is 402 g/mol. The third-order valence-corrected chi connectivity index (χ3v) is 4.36. The van der Waals surface area contributed by atoms with Crippen LogP contribution >= 0.6 is 15.9 Å². The lowest BCUT2D eigenvalue weighted by atomic mass is 10.1. The smallest absolute Gasteiger partial charge is 0.173 e. The van der Waals surface area contributed by atoms with Crippen LogP contribution in [-0.4, -0.2) is 16.2 Å². The van der Waals surface area contributed by atoms with E-state index in [2.05, 4.69) is 31.4 Å². The Balaban J connectivity index is 1.75. The third-order valence-electron chi connectivity index (χ3n) is 3.87. The number of benzene rings is 3. The summed E-state index contributed by atoms with van der Waals surface area (Å²) in [4.78, 5) is 9.33. The van der Waals surface area contributed by atoms with Crippen LogP contribution in [0.5, 0.6) is 0 Å². The van der Waals surface area contributed by atoms with Gasteiger partial charge in [-0.15, -0.1) is 0 Å². The number of fused-ring (bicyclic) bond motifs is 1. The molecule has 26 heavy (non-hydrogen) atoms. The molecule has 0 radical (unpaired) electrons. The van der Waals surface area contributed by atoms with E-state index < -0.39 is 0 Å². The molecule has 0 amide bonds. The van der Waals surface area contributed by atoms with Gasteiger partial charge in [-0.2, -0.15) is 5.10 Å². The second-order valence-corrected chi connectivity index (χ2v) is 6.61. The second kappa shape index (κ2) is 7.45. The number of nitrogens with zero attached hydrogens (tertiary/aromatic N) is 3. The highest BCUT2D eigenvalue weighted by atomic mass is 79.9. The fourth-order valence-corrected chi connectivity index (χ4v) is 3.03. The Morgan fingerprint density at radius 1 is 0.846 bits per heavy atom. The van der Waals surface area contributed by atoms with Crippen LogP contribution in [0.1, 0.15) is 5.82 Å². The van der Waals surface area contributed by atoms with Crippen molar-refractivity contribution in [1.82, 2.24) is 9.97 Å². The molecule has 1 N–H and O–H groups in total. The van der Waals surface area contributed by atoms with Gasteiger partial charge in [0.2, 0.25) is 0 Å². The fourth-order valence-electron chi connectivity index (χ4n) is 2.67. The molecular formula is C21H15BrN4. The van der Waals surface area contributed by atoms with Gasteiger partial charge in [-0.05, 0) is 30.3 Å². The maximum Gasteiger partial charge on any atom is 0.173 e. The van der Waals surface area contributed by atoms with Crippen LogP contribution in [0.15, 0.2) is 88.4 Å². The molecular weight excluding hydrogens is 388 g/mol. The zero-order valence-electron chi connectivity index (χ0n) is 13.8. The first-order valence-electron chi connectivity index (χ1n) is 8.16. The largest absolute Gasteiger partial charge is 0.278 e. The minimum atomic E-state index is 0.558. The normalized spacial score (nSPS) is 11.1. The number of hydrogen-bond acceptors (Lipinski definition) is 4. The molecule has 0 saturated carbocycles. The van der Waals surface area contributed by atoms with E-state index in [9.17, 15) is 0 Å². The Labute approximate surface area is 159 Å². The number of halogens is 1. The van der Waals surface area contributed by atoms with Crippen LogP contribution in [0.25, 0.3) is 22.2 Å². The summed E-state index contributed by atoms with van der Waals surface area (Å²) in [5, 5.41) is 5.26. The van der Waals surface area contributed by atoms with Crippen LogP contribution in [0.4, 0.5) is 5.69 Å². The Bertz CT molecular complexity index is 1060. The van der Waals surface area contributed by atoms with Crippen molar-refractivity contribution in [2.45, 2.75) is 0 Å². The highest BCUT2D eigenvalue weighted by Gasteiger charge is 2.09. The van der Waals surface area contributed by atoms with Crippen LogP contribution in [0.3, 0.4) is 0 Å². The molecule has 3 aromatic carbocycles. The second-order valence-electron chi connectivity index (χ2n) is 5.69. The average molecular weight is 403 g/mol. The van der Waals surface area contributed by atoms with E-state index in [4.69, 9.17) is 4.98 Å². The van der Waals surface area contributed by atoms with Crippen LogP contribution < -0.4 is 5.43 Å². The molecule has 1 aromatic heterocycles.